The predicted octanol–water partition coefficient (Wildman–Crippen LogP) is 2.75. The monoisotopic (exact) mass is 272 g/mol. The molecule has 0 aromatic heterocycles. The molecule has 0 bridgehead atoms. The van der Waals surface area contributed by atoms with Gasteiger partial charge in [-0.05, 0) is 38.0 Å². The molecule has 4 nitrogen and oxygen atoms in total. The van der Waals surface area contributed by atoms with Gasteiger partial charge in [-0.3, -0.25) is 4.79 Å². The van der Waals surface area contributed by atoms with E-state index in [1.807, 2.05) is 26.8 Å². The lowest BCUT2D eigenvalue weighted by Gasteiger charge is -2.12. The molecule has 0 aliphatic carbocycles. The van der Waals surface area contributed by atoms with Crippen LogP contribution in [0.3, 0.4) is 0 Å². The molecule has 0 radical (unpaired) electrons. The number of nitrogens with two attached hydrogens (primary N) is 1. The Morgan fingerprint density at radius 2 is 2.17 bits per heavy atom. The fraction of sp³-hybridized carbons (Fsp3) is 0.462. The highest BCUT2D eigenvalue weighted by Crippen LogP contribution is 2.17. The minimum Gasteiger partial charge on any atom is -0.399 e. The Labute approximate surface area is 114 Å². The number of carbonyl (C=O) groups excluding carboxylic acids is 1. The fourth-order valence-corrected chi connectivity index (χ4v) is 1.30. The van der Waals surface area contributed by atoms with E-state index in [0.717, 1.165) is 17.7 Å². The molecule has 102 valence electrons. The number of amides is 1. The number of anilines is 2. The molecule has 1 atom stereocenters. The Hall–Kier alpha value is -1.26. The summed E-state index contributed by atoms with van der Waals surface area (Å²) in [6.45, 7) is 5.96. The van der Waals surface area contributed by atoms with Gasteiger partial charge in [0.1, 0.15) is 6.61 Å². The summed E-state index contributed by atoms with van der Waals surface area (Å²) in [7, 11) is 0. The zero-order valence-corrected chi connectivity index (χ0v) is 11.8. The van der Waals surface area contributed by atoms with Crippen molar-refractivity contribution in [2.24, 2.45) is 0 Å². The molecule has 3 N–H and O–H groups in total. The molecular formula is C13H21ClN2O2. The van der Waals surface area contributed by atoms with Crippen LogP contribution in [0.25, 0.3) is 0 Å². The first-order valence-corrected chi connectivity index (χ1v) is 5.80. The molecule has 0 aliphatic rings. The van der Waals surface area contributed by atoms with Gasteiger partial charge < -0.3 is 15.8 Å². The Morgan fingerprint density at radius 3 is 2.78 bits per heavy atom. The third-order valence-corrected chi connectivity index (χ3v) is 2.61. The molecular weight excluding hydrogens is 252 g/mol. The number of halogens is 1. The van der Waals surface area contributed by atoms with Crippen molar-refractivity contribution in [3.63, 3.8) is 0 Å². The molecule has 5 heteroatoms. The average Bonchev–Trinajstić information content (AvgIpc) is 2.30. The Kier molecular flexibility index (Phi) is 7.39. The first kappa shape index (κ1) is 16.7. The average molecular weight is 273 g/mol. The summed E-state index contributed by atoms with van der Waals surface area (Å²) in [5, 5.41) is 2.79. The van der Waals surface area contributed by atoms with Crippen molar-refractivity contribution in [1.82, 2.24) is 0 Å². The Morgan fingerprint density at radius 1 is 1.50 bits per heavy atom. The van der Waals surface area contributed by atoms with E-state index in [9.17, 15) is 4.79 Å². The van der Waals surface area contributed by atoms with Gasteiger partial charge in [-0.2, -0.15) is 0 Å². The van der Waals surface area contributed by atoms with Crippen LogP contribution in [0.4, 0.5) is 11.4 Å². The van der Waals surface area contributed by atoms with Gasteiger partial charge >= 0.3 is 0 Å². The van der Waals surface area contributed by atoms with E-state index < -0.39 is 0 Å². The van der Waals surface area contributed by atoms with Crippen LogP contribution < -0.4 is 11.1 Å². The van der Waals surface area contributed by atoms with Crippen LogP contribution in [0, 0.1) is 6.92 Å². The van der Waals surface area contributed by atoms with Crippen molar-refractivity contribution in [3.8, 4) is 0 Å². The van der Waals surface area contributed by atoms with E-state index in [4.69, 9.17) is 10.5 Å². The Balaban J connectivity index is 0.00000289. The first-order valence-electron chi connectivity index (χ1n) is 5.80. The summed E-state index contributed by atoms with van der Waals surface area (Å²) in [5.41, 5.74) is 8.02. The number of carbonyl (C=O) groups is 1. The summed E-state index contributed by atoms with van der Waals surface area (Å²) in [6, 6.07) is 5.43. The molecule has 0 spiro atoms. The molecule has 0 fully saturated rings. The van der Waals surface area contributed by atoms with E-state index in [-0.39, 0.29) is 31.0 Å². The van der Waals surface area contributed by atoms with Crippen molar-refractivity contribution >= 4 is 29.7 Å². The van der Waals surface area contributed by atoms with Crippen molar-refractivity contribution in [1.29, 1.82) is 0 Å². The van der Waals surface area contributed by atoms with Crippen molar-refractivity contribution < 1.29 is 9.53 Å². The third kappa shape index (κ3) is 5.38. The summed E-state index contributed by atoms with van der Waals surface area (Å²) in [6.07, 6.45) is 0.993. The van der Waals surface area contributed by atoms with Crippen LogP contribution in [0.15, 0.2) is 18.2 Å². The number of hydrogen-bond acceptors (Lipinski definition) is 3. The smallest absolute Gasteiger partial charge is 0.250 e. The van der Waals surface area contributed by atoms with Gasteiger partial charge in [0, 0.05) is 11.4 Å². The van der Waals surface area contributed by atoms with E-state index >= 15 is 0 Å². The number of nitrogen functional groups attached to an aromatic ring is 1. The molecule has 1 amide bonds. The maximum absolute atomic E-state index is 11.6. The van der Waals surface area contributed by atoms with Crippen LogP contribution in [0.1, 0.15) is 25.8 Å². The van der Waals surface area contributed by atoms with Crippen LogP contribution in [0.2, 0.25) is 0 Å². The Bertz CT molecular complexity index is 397. The van der Waals surface area contributed by atoms with Gasteiger partial charge in [-0.1, -0.05) is 13.0 Å². The molecule has 0 saturated heterocycles. The maximum atomic E-state index is 11.6. The van der Waals surface area contributed by atoms with Crippen LogP contribution in [0.5, 0.6) is 0 Å². The summed E-state index contributed by atoms with van der Waals surface area (Å²) in [4.78, 5) is 11.6. The molecule has 0 saturated carbocycles. The fourth-order valence-electron chi connectivity index (χ4n) is 1.30. The second-order valence-electron chi connectivity index (χ2n) is 4.15. The quantitative estimate of drug-likeness (QED) is 0.810. The van der Waals surface area contributed by atoms with Gasteiger partial charge in [-0.15, -0.1) is 12.4 Å². The molecule has 1 aromatic rings. The predicted molar refractivity (Wildman–Crippen MR) is 77.2 cm³/mol. The molecule has 0 heterocycles. The van der Waals surface area contributed by atoms with Crippen LogP contribution in [-0.4, -0.2) is 18.6 Å². The highest BCUT2D eigenvalue weighted by Gasteiger charge is 2.07. The number of hydrogen-bond donors (Lipinski definition) is 2. The third-order valence-electron chi connectivity index (χ3n) is 2.61. The van der Waals surface area contributed by atoms with Crippen molar-refractivity contribution in [3.05, 3.63) is 23.8 Å². The van der Waals surface area contributed by atoms with Crippen LogP contribution in [-0.2, 0) is 9.53 Å². The summed E-state index contributed by atoms with van der Waals surface area (Å²) >= 11 is 0. The zero-order valence-electron chi connectivity index (χ0n) is 11.0. The van der Waals surface area contributed by atoms with E-state index in [2.05, 4.69) is 5.32 Å². The highest BCUT2D eigenvalue weighted by molar-refractivity contribution is 5.92. The number of rotatable bonds is 5. The number of nitrogens with one attached hydrogen (secondary N) is 1. The number of aryl methyl sites for hydroxylation is 1. The van der Waals surface area contributed by atoms with Crippen molar-refractivity contribution in [2.45, 2.75) is 33.3 Å². The largest absolute Gasteiger partial charge is 0.399 e. The van der Waals surface area contributed by atoms with Gasteiger partial charge in [0.05, 0.1) is 6.10 Å². The second-order valence-corrected chi connectivity index (χ2v) is 4.15. The van der Waals surface area contributed by atoms with Gasteiger partial charge in [0.2, 0.25) is 5.91 Å². The zero-order chi connectivity index (χ0) is 12.8. The number of ether oxygens (including phenoxy) is 1. The molecule has 18 heavy (non-hydrogen) atoms. The summed E-state index contributed by atoms with van der Waals surface area (Å²) < 4.78 is 5.35. The molecule has 1 rings (SSSR count). The first-order chi connectivity index (χ1) is 8.02. The van der Waals surface area contributed by atoms with Gasteiger partial charge in [0.25, 0.3) is 0 Å². The van der Waals surface area contributed by atoms with Crippen LogP contribution >= 0.6 is 12.4 Å². The normalized spacial score (nSPS) is 11.5. The van der Waals surface area contributed by atoms with E-state index in [0.29, 0.717) is 5.69 Å². The molecule has 0 aliphatic heterocycles. The summed E-state index contributed by atoms with van der Waals surface area (Å²) in [5.74, 6) is -0.154. The van der Waals surface area contributed by atoms with E-state index in [1.54, 1.807) is 12.1 Å². The highest BCUT2D eigenvalue weighted by atomic mass is 35.5. The van der Waals surface area contributed by atoms with Gasteiger partial charge in [-0.25, -0.2) is 0 Å². The minimum absolute atomic E-state index is 0. The number of benzene rings is 1. The lowest BCUT2D eigenvalue weighted by atomic mass is 10.2. The minimum atomic E-state index is -0.154. The van der Waals surface area contributed by atoms with Crippen molar-refractivity contribution in [2.75, 3.05) is 17.7 Å². The lowest BCUT2D eigenvalue weighted by molar-refractivity contribution is -0.122. The standard InChI is InChI=1S/C13H20N2O2.ClH/c1-4-10(3)17-8-13(16)15-12-7-11(14)6-5-9(12)2;/h5-7,10H,4,8,14H2,1-3H3,(H,15,16);1H. The topological polar surface area (TPSA) is 64.3 Å². The molecule has 1 unspecified atom stereocenters. The van der Waals surface area contributed by atoms with E-state index in [1.165, 1.54) is 0 Å². The second kappa shape index (κ2) is 7.95. The SMILES string of the molecule is CCC(C)OCC(=O)Nc1cc(N)ccc1C.Cl. The lowest BCUT2D eigenvalue weighted by Crippen LogP contribution is -2.22. The maximum Gasteiger partial charge on any atom is 0.250 e. The van der Waals surface area contributed by atoms with Gasteiger partial charge in [0.15, 0.2) is 0 Å². The molecule has 1 aromatic carbocycles.